The summed E-state index contributed by atoms with van der Waals surface area (Å²) in [5.74, 6) is 0. The Morgan fingerprint density at radius 1 is 1.00 bits per heavy atom. The predicted octanol–water partition coefficient (Wildman–Crippen LogP) is 2.11. The quantitative estimate of drug-likeness (QED) is 0.826. The molecule has 0 saturated carbocycles. The van der Waals surface area contributed by atoms with Crippen LogP contribution in [-0.2, 0) is 33.3 Å². The van der Waals surface area contributed by atoms with Gasteiger partial charge in [0.2, 0.25) is 5.12 Å². The Morgan fingerprint density at radius 2 is 1.62 bits per heavy atom. The van der Waals surface area contributed by atoms with Crippen molar-refractivity contribution in [3.05, 3.63) is 60.2 Å². The highest BCUT2D eigenvalue weighted by Crippen LogP contribution is 2.11. The van der Waals surface area contributed by atoms with Gasteiger partial charge in [-0.3, -0.25) is 9.52 Å². The molecule has 2 aromatic rings. The van der Waals surface area contributed by atoms with E-state index in [1.807, 2.05) is 6.07 Å². The molecule has 2 atom stereocenters. The second-order valence-corrected chi connectivity index (χ2v) is 6.35. The lowest BCUT2D eigenvalue weighted by Crippen LogP contribution is -2.17. The Labute approximate surface area is 127 Å². The van der Waals surface area contributed by atoms with Crippen LogP contribution in [0.1, 0.15) is 5.56 Å². The van der Waals surface area contributed by atoms with Crippen LogP contribution in [0.5, 0.6) is 0 Å². The highest BCUT2D eigenvalue weighted by Gasteiger charge is 2.13. The highest BCUT2D eigenvalue weighted by atomic mass is 32.2. The molecule has 0 radical (unpaired) electrons. The topological polar surface area (TPSA) is 83.5 Å². The molecular weight excluding hydrogens is 310 g/mol. The van der Waals surface area contributed by atoms with Crippen LogP contribution >= 0.6 is 0 Å². The van der Waals surface area contributed by atoms with Crippen molar-refractivity contribution in [2.75, 3.05) is 4.72 Å². The second-order valence-electron chi connectivity index (χ2n) is 4.18. The van der Waals surface area contributed by atoms with Gasteiger partial charge >= 0.3 is 0 Å². The van der Waals surface area contributed by atoms with Crippen molar-refractivity contribution in [1.29, 1.82) is 0 Å². The maximum atomic E-state index is 11.9. The second kappa shape index (κ2) is 7.26. The summed E-state index contributed by atoms with van der Waals surface area (Å²) in [5, 5.41) is -0.461. The van der Waals surface area contributed by atoms with Gasteiger partial charge in [-0.15, -0.1) is 0 Å². The van der Waals surface area contributed by atoms with E-state index in [0.29, 0.717) is 11.3 Å². The van der Waals surface area contributed by atoms with Gasteiger partial charge in [0, 0.05) is 12.1 Å². The van der Waals surface area contributed by atoms with Crippen LogP contribution in [0, 0.1) is 0 Å². The molecular formula is C14H13NO4S2. The van der Waals surface area contributed by atoms with Gasteiger partial charge in [-0.2, -0.15) is 0 Å². The van der Waals surface area contributed by atoms with Crippen LogP contribution in [0.4, 0.5) is 5.69 Å². The van der Waals surface area contributed by atoms with Crippen molar-refractivity contribution in [3.63, 3.8) is 0 Å². The summed E-state index contributed by atoms with van der Waals surface area (Å²) in [7, 11) is -1.83. The number of carbonyl (C=O) groups excluding carboxylic acids is 1. The van der Waals surface area contributed by atoms with Gasteiger partial charge in [-0.1, -0.05) is 30.3 Å². The van der Waals surface area contributed by atoms with Gasteiger partial charge in [-0.25, -0.2) is 8.42 Å². The fourth-order valence-electron chi connectivity index (χ4n) is 1.63. The van der Waals surface area contributed by atoms with Crippen molar-refractivity contribution in [3.8, 4) is 0 Å². The van der Waals surface area contributed by atoms with Gasteiger partial charge in [-0.05, 0) is 29.8 Å². The predicted molar refractivity (Wildman–Crippen MR) is 82.4 cm³/mol. The number of carbonyl (C=O) groups is 1. The number of benzene rings is 2. The molecule has 0 aromatic heterocycles. The highest BCUT2D eigenvalue weighted by molar-refractivity contribution is 8.01. The number of para-hydroxylation sites is 1. The first-order valence-corrected chi connectivity index (χ1v) is 8.28. The van der Waals surface area contributed by atoms with Crippen LogP contribution in [-0.4, -0.2) is 18.1 Å². The minimum atomic E-state index is -2.04. The third-order valence-electron chi connectivity index (χ3n) is 2.66. The normalized spacial score (nSPS) is 13.4. The molecule has 0 heterocycles. The van der Waals surface area contributed by atoms with Gasteiger partial charge in [0.05, 0.1) is 4.90 Å². The first kappa shape index (κ1) is 15.6. The average Bonchev–Trinajstić information content (AvgIpc) is 2.48. The van der Waals surface area contributed by atoms with Crippen LogP contribution < -0.4 is 4.72 Å². The van der Waals surface area contributed by atoms with E-state index in [4.69, 9.17) is 4.55 Å². The van der Waals surface area contributed by atoms with Crippen LogP contribution in [0.15, 0.2) is 59.5 Å². The maximum Gasteiger partial charge on any atom is 0.243 e. The van der Waals surface area contributed by atoms with Crippen LogP contribution in [0.2, 0.25) is 0 Å². The summed E-state index contributed by atoms with van der Waals surface area (Å²) in [6, 6.07) is 14.9. The van der Waals surface area contributed by atoms with E-state index in [-0.39, 0.29) is 11.3 Å². The molecule has 7 heteroatoms. The molecule has 0 aliphatic heterocycles. The monoisotopic (exact) mass is 323 g/mol. The van der Waals surface area contributed by atoms with Crippen molar-refractivity contribution < 1.29 is 17.8 Å². The largest absolute Gasteiger partial charge is 0.302 e. The summed E-state index contributed by atoms with van der Waals surface area (Å²) in [4.78, 5) is 12.1. The fraction of sp³-hybridized carbons (Fsp3) is 0.0714. The van der Waals surface area contributed by atoms with E-state index >= 15 is 0 Å². The van der Waals surface area contributed by atoms with Gasteiger partial charge in [0.1, 0.15) is 0 Å². The third-order valence-corrected chi connectivity index (χ3v) is 4.32. The number of nitrogens with one attached hydrogen (secondary N) is 1. The Morgan fingerprint density at radius 3 is 2.19 bits per heavy atom. The zero-order valence-corrected chi connectivity index (χ0v) is 12.5. The smallest absolute Gasteiger partial charge is 0.243 e. The summed E-state index contributed by atoms with van der Waals surface area (Å²) < 4.78 is 34.2. The Kier molecular flexibility index (Phi) is 5.38. The first-order chi connectivity index (χ1) is 10.1. The zero-order valence-electron chi connectivity index (χ0n) is 10.9. The first-order valence-electron chi connectivity index (χ1n) is 6.02. The molecule has 0 aliphatic rings. The molecule has 2 aromatic carbocycles. The molecule has 0 saturated heterocycles. The lowest BCUT2D eigenvalue weighted by molar-refractivity contribution is -0.110. The Balaban J connectivity index is 1.97. The molecule has 5 nitrogen and oxygen atoms in total. The lowest BCUT2D eigenvalue weighted by Gasteiger charge is -2.05. The van der Waals surface area contributed by atoms with Gasteiger partial charge in [0.15, 0.2) is 22.1 Å². The Bertz CT molecular complexity index is 671. The SMILES string of the molecule is O=C(Cc1ccc(S(=O)O)cc1)S(=O)Nc1ccccc1. The molecule has 0 fully saturated rings. The Hall–Kier alpha value is -1.83. The number of rotatable bonds is 5. The van der Waals surface area contributed by atoms with E-state index in [9.17, 15) is 13.2 Å². The van der Waals surface area contributed by atoms with E-state index in [0.717, 1.165) is 0 Å². The summed E-state index contributed by atoms with van der Waals surface area (Å²) in [6.07, 6.45) is -0.00914. The zero-order chi connectivity index (χ0) is 15.2. The molecule has 2 rings (SSSR count). The molecule has 110 valence electrons. The van der Waals surface area contributed by atoms with Crippen molar-refractivity contribution >= 4 is 32.9 Å². The number of hydrogen-bond acceptors (Lipinski definition) is 3. The van der Waals surface area contributed by atoms with E-state index in [2.05, 4.69) is 4.72 Å². The average molecular weight is 323 g/mol. The van der Waals surface area contributed by atoms with E-state index in [1.54, 1.807) is 36.4 Å². The number of anilines is 1. The molecule has 21 heavy (non-hydrogen) atoms. The lowest BCUT2D eigenvalue weighted by atomic mass is 10.2. The molecule has 0 aliphatic carbocycles. The number of hydrogen-bond donors (Lipinski definition) is 2. The molecule has 2 N–H and O–H groups in total. The van der Waals surface area contributed by atoms with Crippen LogP contribution in [0.3, 0.4) is 0 Å². The molecule has 0 bridgehead atoms. The molecule has 0 amide bonds. The van der Waals surface area contributed by atoms with Crippen molar-refractivity contribution in [2.24, 2.45) is 0 Å². The van der Waals surface area contributed by atoms with E-state index in [1.165, 1.54) is 12.1 Å². The minimum absolute atomic E-state index is 0.00914. The summed E-state index contributed by atoms with van der Waals surface area (Å²) in [6.45, 7) is 0. The standard InChI is InChI=1S/C14H13NO4S2/c16-14(20(17)15-12-4-2-1-3-5-12)10-11-6-8-13(9-7-11)21(18)19/h1-9,15H,10H2,(H,18,19). The van der Waals surface area contributed by atoms with Crippen LogP contribution in [0.25, 0.3) is 0 Å². The van der Waals surface area contributed by atoms with Gasteiger partial charge < -0.3 is 4.55 Å². The third kappa shape index (κ3) is 4.59. The molecule has 2 unspecified atom stereocenters. The fourth-order valence-corrected chi connectivity index (χ4v) is 2.76. The maximum absolute atomic E-state index is 11.9. The van der Waals surface area contributed by atoms with Crippen molar-refractivity contribution in [1.82, 2.24) is 0 Å². The van der Waals surface area contributed by atoms with Crippen molar-refractivity contribution in [2.45, 2.75) is 11.3 Å². The van der Waals surface area contributed by atoms with Gasteiger partial charge in [0.25, 0.3) is 0 Å². The summed E-state index contributed by atoms with van der Waals surface area (Å²) >= 11 is -2.04. The van der Waals surface area contributed by atoms with E-state index < -0.39 is 27.2 Å². The molecule has 0 spiro atoms. The minimum Gasteiger partial charge on any atom is -0.302 e. The summed E-state index contributed by atoms with van der Waals surface area (Å²) in [5.41, 5.74) is 1.24.